The fourth-order valence-corrected chi connectivity index (χ4v) is 6.97. The highest BCUT2D eigenvalue weighted by Gasteiger charge is 2.31. The first kappa shape index (κ1) is 29.1. The van der Waals surface area contributed by atoms with E-state index >= 15 is 0 Å². The molecule has 0 saturated carbocycles. The van der Waals surface area contributed by atoms with Crippen molar-refractivity contribution in [2.45, 2.75) is 25.2 Å². The standard InChI is InChI=1S/C44H34O2/c1-30-26-39(42(31-16-6-2-7-17-31)32-18-8-3-9-19-32)38(28-35-29-41(45)36-24-14-15-25-37(36)44(35)46)40(27-30)43(33-20-10-4-11-21-33)34-22-12-5-13-23-34/h2-27,29,42-43H,28H2,1H3. The maximum Gasteiger partial charge on any atom is 0.190 e. The van der Waals surface area contributed by atoms with Crippen molar-refractivity contribution in [2.75, 3.05) is 0 Å². The summed E-state index contributed by atoms with van der Waals surface area (Å²) in [5.41, 5.74) is 10.7. The molecule has 0 radical (unpaired) electrons. The first-order chi connectivity index (χ1) is 22.6. The Morgan fingerprint density at radius 3 is 1.26 bits per heavy atom. The lowest BCUT2D eigenvalue weighted by atomic mass is 9.74. The maximum atomic E-state index is 14.1. The van der Waals surface area contributed by atoms with Crippen LogP contribution in [0.5, 0.6) is 0 Å². The molecule has 2 nitrogen and oxygen atoms in total. The van der Waals surface area contributed by atoms with Gasteiger partial charge in [-0.15, -0.1) is 0 Å². The second-order valence-electron chi connectivity index (χ2n) is 12.0. The molecule has 6 aromatic rings. The third-order valence-electron chi connectivity index (χ3n) is 9.02. The molecule has 7 rings (SSSR count). The molecule has 0 fully saturated rings. The summed E-state index contributed by atoms with van der Waals surface area (Å²) in [6, 6.07) is 54.0. The van der Waals surface area contributed by atoms with Gasteiger partial charge in [0, 0.05) is 35.0 Å². The Balaban J connectivity index is 1.51. The van der Waals surface area contributed by atoms with Gasteiger partial charge in [-0.1, -0.05) is 163 Å². The normalized spacial score (nSPS) is 12.7. The van der Waals surface area contributed by atoms with E-state index in [1.807, 2.05) is 36.4 Å². The average Bonchev–Trinajstić information content (AvgIpc) is 3.10. The summed E-state index contributed by atoms with van der Waals surface area (Å²) >= 11 is 0. The van der Waals surface area contributed by atoms with E-state index in [0.717, 1.165) is 22.3 Å². The quantitative estimate of drug-likeness (QED) is 0.164. The van der Waals surface area contributed by atoms with E-state index in [9.17, 15) is 9.59 Å². The minimum atomic E-state index is -0.120. The molecule has 222 valence electrons. The molecule has 0 amide bonds. The largest absolute Gasteiger partial charge is 0.289 e. The van der Waals surface area contributed by atoms with Gasteiger partial charge in [0.05, 0.1) is 0 Å². The number of carbonyl (C=O) groups is 2. The second-order valence-corrected chi connectivity index (χ2v) is 12.0. The Bertz CT molecular complexity index is 1860. The third kappa shape index (κ3) is 5.66. The molecule has 0 bridgehead atoms. The highest BCUT2D eigenvalue weighted by atomic mass is 16.1. The molecule has 0 saturated heterocycles. The van der Waals surface area contributed by atoms with Gasteiger partial charge in [0.1, 0.15) is 0 Å². The topological polar surface area (TPSA) is 34.1 Å². The van der Waals surface area contributed by atoms with Crippen molar-refractivity contribution in [2.24, 2.45) is 0 Å². The summed E-state index contributed by atoms with van der Waals surface area (Å²) in [5, 5.41) is 0. The van der Waals surface area contributed by atoms with Crippen LogP contribution in [-0.2, 0) is 6.42 Å². The number of allylic oxidation sites excluding steroid dienone is 2. The number of rotatable bonds is 8. The van der Waals surface area contributed by atoms with E-state index in [4.69, 9.17) is 0 Å². The van der Waals surface area contributed by atoms with Crippen LogP contribution in [0.4, 0.5) is 0 Å². The van der Waals surface area contributed by atoms with Crippen molar-refractivity contribution >= 4 is 11.6 Å². The molecule has 0 heterocycles. The molecule has 0 unspecified atom stereocenters. The van der Waals surface area contributed by atoms with E-state index in [1.165, 1.54) is 22.3 Å². The number of Topliss-reactive ketones (excluding diaryl/α,β-unsaturated/α-hetero) is 1. The Morgan fingerprint density at radius 1 is 0.478 bits per heavy atom. The molecule has 0 spiro atoms. The molecule has 2 heteroatoms. The number of hydrogen-bond acceptors (Lipinski definition) is 2. The summed E-state index contributed by atoms with van der Waals surface area (Å²) < 4.78 is 0. The predicted molar refractivity (Wildman–Crippen MR) is 186 cm³/mol. The van der Waals surface area contributed by atoms with Crippen molar-refractivity contribution in [3.05, 3.63) is 225 Å². The van der Waals surface area contributed by atoms with Gasteiger partial charge in [-0.2, -0.15) is 0 Å². The van der Waals surface area contributed by atoms with Gasteiger partial charge in [-0.05, 0) is 51.9 Å². The maximum absolute atomic E-state index is 14.1. The zero-order chi connectivity index (χ0) is 31.5. The molecule has 1 aliphatic carbocycles. The van der Waals surface area contributed by atoms with Gasteiger partial charge >= 0.3 is 0 Å². The minimum absolute atomic E-state index is 0.0782. The van der Waals surface area contributed by atoms with Crippen LogP contribution in [0.1, 0.15) is 77.1 Å². The van der Waals surface area contributed by atoms with Gasteiger partial charge in [-0.25, -0.2) is 0 Å². The van der Waals surface area contributed by atoms with Crippen molar-refractivity contribution in [1.82, 2.24) is 0 Å². The predicted octanol–water partition coefficient (Wildman–Crippen LogP) is 9.90. The van der Waals surface area contributed by atoms with Crippen molar-refractivity contribution in [3.63, 3.8) is 0 Å². The number of fused-ring (bicyclic) bond motifs is 1. The molecule has 6 aromatic carbocycles. The van der Waals surface area contributed by atoms with Gasteiger partial charge in [0.15, 0.2) is 11.6 Å². The lowest BCUT2D eigenvalue weighted by Crippen LogP contribution is -2.20. The highest BCUT2D eigenvalue weighted by molar-refractivity contribution is 6.24. The first-order valence-corrected chi connectivity index (χ1v) is 15.8. The zero-order valence-corrected chi connectivity index (χ0v) is 25.8. The number of aryl methyl sites for hydroxylation is 1. The van der Waals surface area contributed by atoms with Gasteiger partial charge in [0.2, 0.25) is 0 Å². The lowest BCUT2D eigenvalue weighted by Gasteiger charge is -2.29. The Labute approximate surface area is 270 Å². The van der Waals surface area contributed by atoms with Crippen LogP contribution in [-0.4, -0.2) is 11.6 Å². The summed E-state index contributed by atoms with van der Waals surface area (Å²) in [7, 11) is 0. The van der Waals surface area contributed by atoms with Crippen LogP contribution in [0.2, 0.25) is 0 Å². The molecular weight excluding hydrogens is 560 g/mol. The number of carbonyl (C=O) groups excluding carboxylic acids is 2. The van der Waals surface area contributed by atoms with Gasteiger partial charge in [0.25, 0.3) is 0 Å². The summed E-state index contributed by atoms with van der Waals surface area (Å²) in [6.45, 7) is 2.15. The molecule has 0 N–H and O–H groups in total. The lowest BCUT2D eigenvalue weighted by molar-refractivity contribution is 0.0982. The second kappa shape index (κ2) is 12.8. The smallest absolute Gasteiger partial charge is 0.190 e. The average molecular weight is 595 g/mol. The highest BCUT2D eigenvalue weighted by Crippen LogP contribution is 2.42. The van der Waals surface area contributed by atoms with Crippen LogP contribution in [0.15, 0.2) is 169 Å². The first-order valence-electron chi connectivity index (χ1n) is 15.8. The van der Waals surface area contributed by atoms with E-state index in [-0.39, 0.29) is 23.4 Å². The van der Waals surface area contributed by atoms with E-state index in [2.05, 4.69) is 116 Å². The van der Waals surface area contributed by atoms with Gasteiger partial charge < -0.3 is 0 Å². The van der Waals surface area contributed by atoms with Crippen LogP contribution in [0.3, 0.4) is 0 Å². The van der Waals surface area contributed by atoms with Crippen molar-refractivity contribution in [3.8, 4) is 0 Å². The zero-order valence-electron chi connectivity index (χ0n) is 25.8. The Morgan fingerprint density at radius 2 is 0.848 bits per heavy atom. The van der Waals surface area contributed by atoms with Gasteiger partial charge in [-0.3, -0.25) is 9.59 Å². The van der Waals surface area contributed by atoms with Crippen molar-refractivity contribution < 1.29 is 9.59 Å². The molecule has 0 aromatic heterocycles. The number of ketones is 2. The summed E-state index contributed by atoms with van der Waals surface area (Å²) in [4.78, 5) is 27.4. The van der Waals surface area contributed by atoms with E-state index < -0.39 is 0 Å². The number of hydrogen-bond donors (Lipinski definition) is 0. The van der Waals surface area contributed by atoms with Crippen LogP contribution in [0.25, 0.3) is 0 Å². The van der Waals surface area contributed by atoms with Crippen LogP contribution in [0, 0.1) is 6.92 Å². The molecule has 1 aliphatic rings. The fourth-order valence-electron chi connectivity index (χ4n) is 6.97. The van der Waals surface area contributed by atoms with E-state index in [1.54, 1.807) is 18.2 Å². The fraction of sp³-hybridized carbons (Fsp3) is 0.0909. The van der Waals surface area contributed by atoms with Crippen LogP contribution >= 0.6 is 0 Å². The SMILES string of the molecule is Cc1cc(C(c2ccccc2)c2ccccc2)c(CC2=CC(=O)c3ccccc3C2=O)c(C(c2ccccc2)c2ccccc2)c1. The molecule has 0 atom stereocenters. The Kier molecular flexibility index (Phi) is 8.10. The molecular formula is C44H34O2. The Hall–Kier alpha value is -5.60. The summed E-state index contributed by atoms with van der Waals surface area (Å²) in [6.07, 6.45) is 1.91. The number of benzene rings is 6. The monoisotopic (exact) mass is 594 g/mol. The third-order valence-corrected chi connectivity index (χ3v) is 9.02. The van der Waals surface area contributed by atoms with Crippen LogP contribution < -0.4 is 0 Å². The molecule has 0 aliphatic heterocycles. The molecule has 46 heavy (non-hydrogen) atoms. The minimum Gasteiger partial charge on any atom is -0.289 e. The van der Waals surface area contributed by atoms with E-state index in [0.29, 0.717) is 23.1 Å². The summed E-state index contributed by atoms with van der Waals surface area (Å²) in [5.74, 6) is -0.360. The van der Waals surface area contributed by atoms with Crippen molar-refractivity contribution in [1.29, 1.82) is 0 Å².